The fraction of sp³-hybridized carbons (Fsp3) is 0.538. The molecular weight excluding hydrogens is 323 g/mol. The van der Waals surface area contributed by atoms with E-state index >= 15 is 0 Å². The van der Waals surface area contributed by atoms with Crippen LogP contribution < -0.4 is 5.32 Å². The highest BCUT2D eigenvalue weighted by Crippen LogP contribution is 2.36. The molecular formula is C13H15BrF3NO. The van der Waals surface area contributed by atoms with E-state index in [1.807, 2.05) is 0 Å². The summed E-state index contributed by atoms with van der Waals surface area (Å²) in [6.07, 6.45) is -2.38. The minimum atomic E-state index is -4.34. The maximum absolute atomic E-state index is 12.9. The van der Waals surface area contributed by atoms with Gasteiger partial charge in [-0.3, -0.25) is 0 Å². The van der Waals surface area contributed by atoms with Crippen LogP contribution in [0.25, 0.3) is 0 Å². The van der Waals surface area contributed by atoms with Crippen LogP contribution in [0.1, 0.15) is 18.4 Å². The van der Waals surface area contributed by atoms with Crippen LogP contribution in [0.4, 0.5) is 18.9 Å². The number of anilines is 1. The zero-order valence-corrected chi connectivity index (χ0v) is 11.9. The van der Waals surface area contributed by atoms with E-state index in [-0.39, 0.29) is 11.6 Å². The maximum Gasteiger partial charge on any atom is 0.418 e. The van der Waals surface area contributed by atoms with Crippen molar-refractivity contribution in [3.05, 3.63) is 28.2 Å². The van der Waals surface area contributed by atoms with Crippen molar-refractivity contribution in [2.24, 2.45) is 5.92 Å². The zero-order valence-electron chi connectivity index (χ0n) is 10.3. The summed E-state index contributed by atoms with van der Waals surface area (Å²) < 4.78 is 44.5. The van der Waals surface area contributed by atoms with Crippen molar-refractivity contribution >= 4 is 21.6 Å². The van der Waals surface area contributed by atoms with Crippen LogP contribution in [-0.2, 0) is 10.9 Å². The predicted molar refractivity (Wildman–Crippen MR) is 71.2 cm³/mol. The summed E-state index contributed by atoms with van der Waals surface area (Å²) in [5.41, 5.74) is -0.514. The van der Waals surface area contributed by atoms with Gasteiger partial charge in [-0.25, -0.2) is 0 Å². The van der Waals surface area contributed by atoms with Gasteiger partial charge in [0.2, 0.25) is 0 Å². The number of ether oxygens (including phenoxy) is 1. The lowest BCUT2D eigenvalue weighted by Gasteiger charge is -2.23. The Hall–Kier alpha value is -0.750. The van der Waals surface area contributed by atoms with Gasteiger partial charge in [-0.15, -0.1) is 0 Å². The minimum Gasteiger partial charge on any atom is -0.384 e. The summed E-state index contributed by atoms with van der Waals surface area (Å²) in [7, 11) is 0. The lowest BCUT2D eigenvalue weighted by molar-refractivity contribution is -0.137. The molecule has 0 bridgehead atoms. The van der Waals surface area contributed by atoms with Crippen molar-refractivity contribution in [1.82, 2.24) is 0 Å². The Labute approximate surface area is 118 Å². The van der Waals surface area contributed by atoms with Gasteiger partial charge in [-0.05, 0) is 37.0 Å². The molecule has 1 aromatic rings. The Bertz CT molecular complexity index is 430. The Morgan fingerprint density at radius 3 is 2.79 bits per heavy atom. The van der Waals surface area contributed by atoms with Crippen LogP contribution in [-0.4, -0.2) is 19.8 Å². The highest BCUT2D eigenvalue weighted by molar-refractivity contribution is 9.10. The Balaban J connectivity index is 2.07. The van der Waals surface area contributed by atoms with Gasteiger partial charge in [0.05, 0.1) is 12.2 Å². The van der Waals surface area contributed by atoms with Gasteiger partial charge < -0.3 is 10.1 Å². The Morgan fingerprint density at radius 2 is 2.16 bits per heavy atom. The topological polar surface area (TPSA) is 21.3 Å². The molecule has 0 spiro atoms. The SMILES string of the molecule is FC(F)(F)c1ccc(Br)cc1NCC1CCCOC1. The van der Waals surface area contributed by atoms with E-state index < -0.39 is 11.7 Å². The molecule has 2 nitrogen and oxygen atoms in total. The van der Waals surface area contributed by atoms with E-state index in [9.17, 15) is 13.2 Å². The normalized spacial score (nSPS) is 20.3. The molecule has 1 heterocycles. The van der Waals surface area contributed by atoms with Crippen molar-refractivity contribution < 1.29 is 17.9 Å². The Morgan fingerprint density at radius 1 is 1.37 bits per heavy atom. The largest absolute Gasteiger partial charge is 0.418 e. The lowest BCUT2D eigenvalue weighted by Crippen LogP contribution is -2.25. The second-order valence-electron chi connectivity index (χ2n) is 4.65. The molecule has 2 rings (SSSR count). The van der Waals surface area contributed by atoms with Crippen LogP contribution in [0, 0.1) is 5.92 Å². The van der Waals surface area contributed by atoms with E-state index in [2.05, 4.69) is 21.2 Å². The number of rotatable bonds is 3. The monoisotopic (exact) mass is 337 g/mol. The first-order valence-corrected chi connectivity index (χ1v) is 6.94. The molecule has 1 aliphatic rings. The first kappa shape index (κ1) is 14.7. The molecule has 19 heavy (non-hydrogen) atoms. The Kier molecular flexibility index (Phi) is 4.73. The lowest BCUT2D eigenvalue weighted by atomic mass is 10.0. The minimum absolute atomic E-state index is 0.118. The number of hydrogen-bond acceptors (Lipinski definition) is 2. The van der Waals surface area contributed by atoms with Crippen LogP contribution >= 0.6 is 15.9 Å². The third-order valence-corrected chi connectivity index (χ3v) is 3.62. The van der Waals surface area contributed by atoms with Crippen LogP contribution in [0.2, 0.25) is 0 Å². The summed E-state index contributed by atoms with van der Waals surface area (Å²) in [6, 6.07) is 3.95. The average molecular weight is 338 g/mol. The molecule has 1 fully saturated rings. The number of halogens is 4. The van der Waals surface area contributed by atoms with Gasteiger partial charge in [-0.2, -0.15) is 13.2 Å². The van der Waals surface area contributed by atoms with Gasteiger partial charge in [0.25, 0.3) is 0 Å². The molecule has 106 valence electrons. The van der Waals surface area contributed by atoms with Crippen molar-refractivity contribution in [2.75, 3.05) is 25.1 Å². The standard InChI is InChI=1S/C13H15BrF3NO/c14-10-3-4-11(13(15,16)17)12(6-10)18-7-9-2-1-5-19-8-9/h3-4,6,9,18H,1-2,5,7-8H2. The zero-order chi connectivity index (χ0) is 13.9. The van der Waals surface area contributed by atoms with Crippen LogP contribution in [0.3, 0.4) is 0 Å². The summed E-state index contributed by atoms with van der Waals surface area (Å²) in [5.74, 6) is 0.272. The van der Waals surface area contributed by atoms with E-state index in [0.717, 1.165) is 25.5 Å². The van der Waals surface area contributed by atoms with E-state index in [4.69, 9.17) is 4.74 Å². The molecule has 0 saturated carbocycles. The van der Waals surface area contributed by atoms with E-state index in [1.165, 1.54) is 12.1 Å². The van der Waals surface area contributed by atoms with Crippen LogP contribution in [0.5, 0.6) is 0 Å². The summed E-state index contributed by atoms with van der Waals surface area (Å²) in [6.45, 7) is 1.86. The second kappa shape index (κ2) is 6.13. The summed E-state index contributed by atoms with van der Waals surface area (Å²) >= 11 is 3.20. The van der Waals surface area contributed by atoms with E-state index in [1.54, 1.807) is 0 Å². The van der Waals surface area contributed by atoms with Gasteiger partial charge in [0.1, 0.15) is 0 Å². The number of alkyl halides is 3. The fourth-order valence-corrected chi connectivity index (χ4v) is 2.49. The number of hydrogen-bond donors (Lipinski definition) is 1. The average Bonchev–Trinajstić information content (AvgIpc) is 2.36. The highest BCUT2D eigenvalue weighted by Gasteiger charge is 2.33. The molecule has 0 amide bonds. The predicted octanol–water partition coefficient (Wildman–Crippen LogP) is 4.31. The van der Waals surface area contributed by atoms with E-state index in [0.29, 0.717) is 17.6 Å². The molecule has 1 atom stereocenters. The third-order valence-electron chi connectivity index (χ3n) is 3.12. The molecule has 1 aliphatic heterocycles. The van der Waals surface area contributed by atoms with Crippen molar-refractivity contribution in [3.63, 3.8) is 0 Å². The first-order chi connectivity index (χ1) is 8.97. The van der Waals surface area contributed by atoms with Gasteiger partial charge in [0.15, 0.2) is 0 Å². The van der Waals surface area contributed by atoms with Gasteiger partial charge in [-0.1, -0.05) is 15.9 Å². The first-order valence-electron chi connectivity index (χ1n) is 6.15. The molecule has 6 heteroatoms. The fourth-order valence-electron chi connectivity index (χ4n) is 2.13. The van der Waals surface area contributed by atoms with Gasteiger partial charge in [0, 0.05) is 23.3 Å². The second-order valence-corrected chi connectivity index (χ2v) is 5.57. The smallest absolute Gasteiger partial charge is 0.384 e. The third kappa shape index (κ3) is 4.11. The molecule has 1 unspecified atom stereocenters. The van der Waals surface area contributed by atoms with Crippen molar-refractivity contribution in [3.8, 4) is 0 Å². The van der Waals surface area contributed by atoms with Crippen molar-refractivity contribution in [1.29, 1.82) is 0 Å². The van der Waals surface area contributed by atoms with Crippen LogP contribution in [0.15, 0.2) is 22.7 Å². The number of benzene rings is 1. The van der Waals surface area contributed by atoms with Gasteiger partial charge >= 0.3 is 6.18 Å². The quantitative estimate of drug-likeness (QED) is 0.887. The summed E-state index contributed by atoms with van der Waals surface area (Å²) in [4.78, 5) is 0. The van der Waals surface area contributed by atoms with Crippen molar-refractivity contribution in [2.45, 2.75) is 19.0 Å². The molecule has 1 aromatic carbocycles. The molecule has 1 N–H and O–H groups in total. The number of nitrogens with one attached hydrogen (secondary N) is 1. The summed E-state index contributed by atoms with van der Waals surface area (Å²) in [5, 5.41) is 2.90. The molecule has 1 saturated heterocycles. The molecule has 0 radical (unpaired) electrons. The maximum atomic E-state index is 12.9. The highest BCUT2D eigenvalue weighted by atomic mass is 79.9. The molecule has 0 aliphatic carbocycles. The molecule has 0 aromatic heterocycles.